The number of amides is 3. The SMILES string of the molecule is COc1ccc(-n2ccc(C(=O)Nc3ccc(C(=O)N4CC(=O)Nc5ccccc54)cc3)n2)cc1. The van der Waals surface area contributed by atoms with Gasteiger partial charge in [0.2, 0.25) is 5.91 Å². The molecule has 4 aromatic rings. The first-order valence-electron chi connectivity index (χ1n) is 10.8. The fraction of sp³-hybridized carbons (Fsp3) is 0.0769. The molecule has 2 heterocycles. The maximum atomic E-state index is 13.1. The van der Waals surface area contributed by atoms with Crippen molar-refractivity contribution >= 4 is 34.8 Å². The molecule has 1 aliphatic heterocycles. The second-order valence-electron chi connectivity index (χ2n) is 7.83. The van der Waals surface area contributed by atoms with Crippen molar-refractivity contribution in [2.75, 3.05) is 29.2 Å². The summed E-state index contributed by atoms with van der Waals surface area (Å²) >= 11 is 0. The van der Waals surface area contributed by atoms with E-state index in [1.54, 1.807) is 66.5 Å². The zero-order valence-electron chi connectivity index (χ0n) is 18.8. The van der Waals surface area contributed by atoms with Gasteiger partial charge in [-0.1, -0.05) is 12.1 Å². The van der Waals surface area contributed by atoms with Crippen molar-refractivity contribution in [3.63, 3.8) is 0 Å². The smallest absolute Gasteiger partial charge is 0.276 e. The molecule has 5 rings (SSSR count). The molecule has 0 atom stereocenters. The van der Waals surface area contributed by atoms with Gasteiger partial charge in [0.15, 0.2) is 5.69 Å². The molecule has 35 heavy (non-hydrogen) atoms. The molecule has 9 nitrogen and oxygen atoms in total. The predicted octanol–water partition coefficient (Wildman–Crippen LogP) is 3.73. The van der Waals surface area contributed by atoms with E-state index in [0.29, 0.717) is 22.6 Å². The van der Waals surface area contributed by atoms with Gasteiger partial charge in [0, 0.05) is 17.4 Å². The van der Waals surface area contributed by atoms with Gasteiger partial charge in [0.1, 0.15) is 12.3 Å². The molecular weight excluding hydrogens is 446 g/mol. The molecule has 0 bridgehead atoms. The Kier molecular flexibility index (Phi) is 5.72. The summed E-state index contributed by atoms with van der Waals surface area (Å²) in [5.41, 5.74) is 3.19. The van der Waals surface area contributed by atoms with Crippen molar-refractivity contribution in [3.05, 3.63) is 96.3 Å². The number of carbonyl (C=O) groups is 3. The lowest BCUT2D eigenvalue weighted by atomic mass is 10.1. The minimum Gasteiger partial charge on any atom is -0.497 e. The van der Waals surface area contributed by atoms with E-state index >= 15 is 0 Å². The third kappa shape index (κ3) is 4.47. The summed E-state index contributed by atoms with van der Waals surface area (Å²) in [5, 5.41) is 9.88. The number of fused-ring (bicyclic) bond motifs is 1. The number of ether oxygens (including phenoxy) is 1. The van der Waals surface area contributed by atoms with E-state index in [4.69, 9.17) is 4.74 Å². The second kappa shape index (κ2) is 9.14. The number of anilines is 3. The molecule has 3 aromatic carbocycles. The first kappa shape index (κ1) is 21.9. The van der Waals surface area contributed by atoms with Gasteiger partial charge in [-0.2, -0.15) is 5.10 Å². The molecule has 0 spiro atoms. The topological polar surface area (TPSA) is 106 Å². The van der Waals surface area contributed by atoms with Crippen molar-refractivity contribution in [1.82, 2.24) is 9.78 Å². The van der Waals surface area contributed by atoms with E-state index in [1.165, 1.54) is 4.90 Å². The highest BCUT2D eigenvalue weighted by Gasteiger charge is 2.27. The van der Waals surface area contributed by atoms with Gasteiger partial charge >= 0.3 is 0 Å². The number of methoxy groups -OCH3 is 1. The quantitative estimate of drug-likeness (QED) is 0.465. The van der Waals surface area contributed by atoms with E-state index < -0.39 is 0 Å². The van der Waals surface area contributed by atoms with Gasteiger partial charge in [0.25, 0.3) is 11.8 Å². The van der Waals surface area contributed by atoms with Crippen molar-refractivity contribution in [2.24, 2.45) is 0 Å². The number of hydrogen-bond donors (Lipinski definition) is 2. The minimum atomic E-state index is -0.377. The normalized spacial score (nSPS) is 12.5. The molecule has 2 N–H and O–H groups in total. The van der Waals surface area contributed by atoms with E-state index in [0.717, 1.165) is 11.4 Å². The lowest BCUT2D eigenvalue weighted by Crippen LogP contribution is -2.42. The highest BCUT2D eigenvalue weighted by molar-refractivity contribution is 6.15. The highest BCUT2D eigenvalue weighted by atomic mass is 16.5. The molecule has 0 saturated heterocycles. The zero-order valence-corrected chi connectivity index (χ0v) is 18.8. The molecule has 0 unspecified atom stereocenters. The molecule has 3 amide bonds. The Bertz CT molecular complexity index is 1410. The molecule has 1 aromatic heterocycles. The van der Waals surface area contributed by atoms with Crippen LogP contribution in [0, 0.1) is 0 Å². The Morgan fingerprint density at radius 2 is 1.71 bits per heavy atom. The number of rotatable bonds is 5. The number of aromatic nitrogens is 2. The van der Waals surface area contributed by atoms with Crippen LogP contribution in [0.15, 0.2) is 85.1 Å². The molecule has 0 radical (unpaired) electrons. The molecular formula is C26H21N5O4. The minimum absolute atomic E-state index is 0.0643. The van der Waals surface area contributed by atoms with Crippen LogP contribution in [0.1, 0.15) is 20.8 Å². The van der Waals surface area contributed by atoms with Crippen molar-refractivity contribution in [1.29, 1.82) is 0 Å². The summed E-state index contributed by atoms with van der Waals surface area (Å²) in [4.78, 5) is 39.2. The maximum Gasteiger partial charge on any atom is 0.276 e. The molecule has 0 saturated carbocycles. The van der Waals surface area contributed by atoms with Crippen LogP contribution in [0.3, 0.4) is 0 Å². The summed E-state index contributed by atoms with van der Waals surface area (Å²) in [7, 11) is 1.60. The largest absolute Gasteiger partial charge is 0.497 e. The fourth-order valence-corrected chi connectivity index (χ4v) is 3.79. The Morgan fingerprint density at radius 3 is 2.46 bits per heavy atom. The van der Waals surface area contributed by atoms with Crippen LogP contribution in [-0.2, 0) is 4.79 Å². The third-order valence-corrected chi connectivity index (χ3v) is 5.56. The number of benzene rings is 3. The van der Waals surface area contributed by atoms with Crippen molar-refractivity contribution in [3.8, 4) is 11.4 Å². The Labute approximate surface area is 200 Å². The van der Waals surface area contributed by atoms with Crippen LogP contribution in [-0.4, -0.2) is 41.2 Å². The fourth-order valence-electron chi connectivity index (χ4n) is 3.79. The van der Waals surface area contributed by atoms with E-state index in [2.05, 4.69) is 15.7 Å². The van der Waals surface area contributed by atoms with Gasteiger partial charge in [-0.3, -0.25) is 19.3 Å². The van der Waals surface area contributed by atoms with Gasteiger partial charge in [0.05, 0.1) is 24.2 Å². The Hall–Kier alpha value is -4.92. The number of carbonyl (C=O) groups excluding carboxylic acids is 3. The predicted molar refractivity (Wildman–Crippen MR) is 131 cm³/mol. The molecule has 0 fully saturated rings. The van der Waals surface area contributed by atoms with Crippen LogP contribution in [0.4, 0.5) is 17.1 Å². The Balaban J connectivity index is 1.27. The van der Waals surface area contributed by atoms with Crippen molar-refractivity contribution < 1.29 is 19.1 Å². The van der Waals surface area contributed by atoms with Gasteiger partial charge in [-0.25, -0.2) is 4.68 Å². The molecule has 1 aliphatic rings. The van der Waals surface area contributed by atoms with Crippen molar-refractivity contribution in [2.45, 2.75) is 0 Å². The highest BCUT2D eigenvalue weighted by Crippen LogP contribution is 2.30. The van der Waals surface area contributed by atoms with Gasteiger partial charge in [-0.05, 0) is 66.7 Å². The van der Waals surface area contributed by atoms with Crippen LogP contribution in [0.25, 0.3) is 5.69 Å². The molecule has 174 valence electrons. The first-order valence-corrected chi connectivity index (χ1v) is 10.8. The molecule has 0 aliphatic carbocycles. The van der Waals surface area contributed by atoms with Gasteiger partial charge in [-0.15, -0.1) is 0 Å². The van der Waals surface area contributed by atoms with Crippen LogP contribution >= 0.6 is 0 Å². The second-order valence-corrected chi connectivity index (χ2v) is 7.83. The van der Waals surface area contributed by atoms with Crippen LogP contribution in [0.2, 0.25) is 0 Å². The Morgan fingerprint density at radius 1 is 0.971 bits per heavy atom. The molecule has 9 heteroatoms. The lowest BCUT2D eigenvalue weighted by molar-refractivity contribution is -0.115. The summed E-state index contributed by atoms with van der Waals surface area (Å²) in [6.07, 6.45) is 1.70. The summed E-state index contributed by atoms with van der Waals surface area (Å²) in [6, 6.07) is 22.6. The maximum absolute atomic E-state index is 13.1. The average Bonchev–Trinajstić information content (AvgIpc) is 3.39. The monoisotopic (exact) mass is 467 g/mol. The summed E-state index contributed by atoms with van der Waals surface area (Å²) < 4.78 is 6.76. The van der Waals surface area contributed by atoms with E-state index in [-0.39, 0.29) is 30.0 Å². The van der Waals surface area contributed by atoms with Crippen LogP contribution < -0.4 is 20.3 Å². The number of para-hydroxylation sites is 2. The first-order chi connectivity index (χ1) is 17.0. The van der Waals surface area contributed by atoms with E-state index in [9.17, 15) is 14.4 Å². The number of nitrogens with one attached hydrogen (secondary N) is 2. The summed E-state index contributed by atoms with van der Waals surface area (Å²) in [6.45, 7) is -0.0643. The van der Waals surface area contributed by atoms with Crippen LogP contribution in [0.5, 0.6) is 5.75 Å². The van der Waals surface area contributed by atoms with Gasteiger partial charge < -0.3 is 15.4 Å². The average molecular weight is 467 g/mol. The third-order valence-electron chi connectivity index (χ3n) is 5.56. The zero-order chi connectivity index (χ0) is 24.4. The van der Waals surface area contributed by atoms with E-state index in [1.807, 2.05) is 30.3 Å². The number of hydrogen-bond acceptors (Lipinski definition) is 5. The standard InChI is InChI=1S/C26H21N5O4/c1-35-20-12-10-19(11-13-20)31-15-14-22(29-31)25(33)27-18-8-6-17(7-9-18)26(34)30-16-24(32)28-21-4-2-3-5-23(21)30/h2-15H,16H2,1H3,(H,27,33)(H,28,32). The summed E-state index contributed by atoms with van der Waals surface area (Å²) in [5.74, 6) is -0.204. The lowest BCUT2D eigenvalue weighted by Gasteiger charge is -2.29. The number of nitrogens with zero attached hydrogens (tertiary/aromatic N) is 3.